The highest BCUT2D eigenvalue weighted by Gasteiger charge is 2.42. The topological polar surface area (TPSA) is 59.1 Å². The number of amides is 2. The lowest BCUT2D eigenvalue weighted by molar-refractivity contribution is -0.128. The van der Waals surface area contributed by atoms with E-state index < -0.39 is 6.04 Å². The molecule has 0 spiro atoms. The van der Waals surface area contributed by atoms with E-state index in [-0.39, 0.29) is 18.4 Å². The van der Waals surface area contributed by atoms with Gasteiger partial charge in [-0.3, -0.25) is 14.5 Å². The third-order valence-corrected chi connectivity index (χ3v) is 5.41. The van der Waals surface area contributed by atoms with Gasteiger partial charge in [0, 0.05) is 23.5 Å². The van der Waals surface area contributed by atoms with E-state index in [1.165, 1.54) is 4.90 Å². The lowest BCUT2D eigenvalue weighted by atomic mass is 9.98. The molecule has 2 amide bonds. The molecule has 1 aliphatic rings. The maximum atomic E-state index is 13.8. The number of ether oxygens (including phenoxy) is 2. The van der Waals surface area contributed by atoms with Crippen LogP contribution in [0.1, 0.15) is 17.2 Å². The van der Waals surface area contributed by atoms with Crippen molar-refractivity contribution in [3.63, 3.8) is 0 Å². The van der Waals surface area contributed by atoms with Crippen LogP contribution >= 0.6 is 0 Å². The molecule has 6 heteroatoms. The molecule has 6 nitrogen and oxygen atoms in total. The van der Waals surface area contributed by atoms with Crippen LogP contribution < -0.4 is 19.3 Å². The van der Waals surface area contributed by atoms with E-state index in [2.05, 4.69) is 0 Å². The molecule has 3 aromatic carbocycles. The third-order valence-electron chi connectivity index (χ3n) is 5.41. The molecule has 0 radical (unpaired) electrons. The Labute approximate surface area is 181 Å². The van der Waals surface area contributed by atoms with E-state index in [4.69, 9.17) is 9.47 Å². The quantitative estimate of drug-likeness (QED) is 0.627. The molecule has 1 unspecified atom stereocenters. The van der Waals surface area contributed by atoms with Gasteiger partial charge in [0.2, 0.25) is 5.91 Å². The minimum atomic E-state index is -0.792. The van der Waals surface area contributed by atoms with Crippen LogP contribution in [0, 0.1) is 6.92 Å². The zero-order chi connectivity index (χ0) is 22.0. The van der Waals surface area contributed by atoms with Crippen LogP contribution in [0.25, 0.3) is 0 Å². The highest BCUT2D eigenvalue weighted by Crippen LogP contribution is 2.36. The van der Waals surface area contributed by atoms with Gasteiger partial charge in [0.1, 0.15) is 24.1 Å². The molecule has 0 N–H and O–H groups in total. The van der Waals surface area contributed by atoms with Gasteiger partial charge in [0.25, 0.3) is 5.91 Å². The first-order valence-electron chi connectivity index (χ1n) is 10.00. The van der Waals surface area contributed by atoms with E-state index in [1.807, 2.05) is 49.4 Å². The Kier molecular flexibility index (Phi) is 5.62. The zero-order valence-electron chi connectivity index (χ0n) is 17.7. The van der Waals surface area contributed by atoms with E-state index >= 15 is 0 Å². The predicted molar refractivity (Wildman–Crippen MR) is 120 cm³/mol. The molecule has 1 aliphatic heterocycles. The van der Waals surface area contributed by atoms with Gasteiger partial charge < -0.3 is 14.4 Å². The summed E-state index contributed by atoms with van der Waals surface area (Å²) < 4.78 is 10.6. The van der Waals surface area contributed by atoms with Gasteiger partial charge in [-0.05, 0) is 36.8 Å². The molecular weight excluding hydrogens is 392 g/mol. The molecule has 0 aromatic heterocycles. The Morgan fingerprint density at radius 3 is 2.00 bits per heavy atom. The van der Waals surface area contributed by atoms with Gasteiger partial charge in [-0.15, -0.1) is 0 Å². The normalized spacial score (nSPS) is 16.4. The van der Waals surface area contributed by atoms with E-state index in [0.29, 0.717) is 22.9 Å². The van der Waals surface area contributed by atoms with Crippen LogP contribution in [0.2, 0.25) is 0 Å². The summed E-state index contributed by atoms with van der Waals surface area (Å²) in [7, 11) is 3.15. The van der Waals surface area contributed by atoms with Crippen LogP contribution in [-0.4, -0.2) is 32.6 Å². The van der Waals surface area contributed by atoms with Crippen molar-refractivity contribution in [1.29, 1.82) is 0 Å². The summed E-state index contributed by atoms with van der Waals surface area (Å²) in [4.78, 5) is 30.2. The molecule has 0 saturated carbocycles. The van der Waals surface area contributed by atoms with Crippen molar-refractivity contribution < 1.29 is 19.1 Å². The Morgan fingerprint density at radius 1 is 0.806 bits per heavy atom. The second-order valence-electron chi connectivity index (χ2n) is 7.40. The van der Waals surface area contributed by atoms with Crippen molar-refractivity contribution >= 4 is 23.2 Å². The van der Waals surface area contributed by atoms with Gasteiger partial charge in [0.05, 0.1) is 14.2 Å². The summed E-state index contributed by atoms with van der Waals surface area (Å²) >= 11 is 0. The molecule has 1 fully saturated rings. The third kappa shape index (κ3) is 3.97. The number of anilines is 2. The number of carbonyl (C=O) groups excluding carboxylic acids is 2. The minimum absolute atomic E-state index is 0.0639. The van der Waals surface area contributed by atoms with Crippen LogP contribution in [0.4, 0.5) is 11.4 Å². The fourth-order valence-corrected chi connectivity index (χ4v) is 3.78. The van der Waals surface area contributed by atoms with E-state index in [0.717, 1.165) is 11.1 Å². The monoisotopic (exact) mass is 416 g/mol. The molecule has 31 heavy (non-hydrogen) atoms. The maximum Gasteiger partial charge on any atom is 0.255 e. The van der Waals surface area contributed by atoms with Gasteiger partial charge in [-0.2, -0.15) is 0 Å². The van der Waals surface area contributed by atoms with Gasteiger partial charge in [-0.25, -0.2) is 0 Å². The summed E-state index contributed by atoms with van der Waals surface area (Å²) in [5, 5.41) is 0. The Morgan fingerprint density at radius 2 is 1.39 bits per heavy atom. The Hall–Kier alpha value is -3.80. The molecule has 0 aliphatic carbocycles. The first-order valence-corrected chi connectivity index (χ1v) is 10.00. The van der Waals surface area contributed by atoms with E-state index in [1.54, 1.807) is 49.5 Å². The number of methoxy groups -OCH3 is 2. The standard InChI is InChI=1S/C25H24N2O4/c1-17-10-12-18(13-11-17)24-25(29)26(19-6-4-8-21(14-19)30-2)16-23(28)27(24)20-7-5-9-22(15-20)31-3/h4-15,24H,16H2,1-3H3. The molecular formula is C25H24N2O4. The number of benzene rings is 3. The zero-order valence-corrected chi connectivity index (χ0v) is 17.7. The maximum absolute atomic E-state index is 13.8. The number of piperazine rings is 1. The molecule has 0 bridgehead atoms. The number of hydrogen-bond donors (Lipinski definition) is 0. The number of rotatable bonds is 5. The van der Waals surface area contributed by atoms with Gasteiger partial charge >= 0.3 is 0 Å². The molecule has 1 saturated heterocycles. The molecule has 1 atom stereocenters. The van der Waals surface area contributed by atoms with Crippen molar-refractivity contribution in [1.82, 2.24) is 0 Å². The fraction of sp³-hybridized carbons (Fsp3) is 0.200. The predicted octanol–water partition coefficient (Wildman–Crippen LogP) is 4.13. The summed E-state index contributed by atoms with van der Waals surface area (Å²) in [5.41, 5.74) is 3.07. The largest absolute Gasteiger partial charge is 0.497 e. The fourth-order valence-electron chi connectivity index (χ4n) is 3.78. The van der Waals surface area contributed by atoms with E-state index in [9.17, 15) is 9.59 Å². The number of aryl methyl sites for hydroxylation is 1. The van der Waals surface area contributed by atoms with Gasteiger partial charge in [0.15, 0.2) is 0 Å². The number of carbonyl (C=O) groups is 2. The lowest BCUT2D eigenvalue weighted by Crippen LogP contribution is -2.56. The van der Waals surface area contributed by atoms with Crippen molar-refractivity contribution in [3.05, 3.63) is 83.9 Å². The van der Waals surface area contributed by atoms with Crippen molar-refractivity contribution in [2.45, 2.75) is 13.0 Å². The van der Waals surface area contributed by atoms with Crippen molar-refractivity contribution in [3.8, 4) is 11.5 Å². The minimum Gasteiger partial charge on any atom is -0.497 e. The second-order valence-corrected chi connectivity index (χ2v) is 7.40. The number of hydrogen-bond acceptors (Lipinski definition) is 4. The van der Waals surface area contributed by atoms with Crippen LogP contribution in [0.15, 0.2) is 72.8 Å². The SMILES string of the molecule is COc1cccc(N2CC(=O)N(c3cccc(OC)c3)C(c3ccc(C)cc3)C2=O)c1. The molecule has 3 aromatic rings. The Balaban J connectivity index is 1.81. The van der Waals surface area contributed by atoms with Gasteiger partial charge in [-0.1, -0.05) is 42.0 Å². The summed E-state index contributed by atoms with van der Waals surface area (Å²) in [6.07, 6.45) is 0. The molecule has 158 valence electrons. The molecule has 1 heterocycles. The highest BCUT2D eigenvalue weighted by atomic mass is 16.5. The number of nitrogens with zero attached hydrogens (tertiary/aromatic N) is 2. The summed E-state index contributed by atoms with van der Waals surface area (Å²) in [6.45, 7) is 1.92. The average molecular weight is 416 g/mol. The lowest BCUT2D eigenvalue weighted by Gasteiger charge is -2.40. The van der Waals surface area contributed by atoms with Crippen molar-refractivity contribution in [2.75, 3.05) is 30.6 Å². The highest BCUT2D eigenvalue weighted by molar-refractivity contribution is 6.14. The molecule has 4 rings (SSSR count). The van der Waals surface area contributed by atoms with Crippen LogP contribution in [0.5, 0.6) is 11.5 Å². The van der Waals surface area contributed by atoms with Crippen LogP contribution in [-0.2, 0) is 9.59 Å². The summed E-state index contributed by atoms with van der Waals surface area (Å²) in [5.74, 6) is 0.885. The van der Waals surface area contributed by atoms with Crippen molar-refractivity contribution in [2.24, 2.45) is 0 Å². The summed E-state index contributed by atoms with van der Waals surface area (Å²) in [6, 6.07) is 21.3. The average Bonchev–Trinajstić information content (AvgIpc) is 2.80. The Bertz CT molecular complexity index is 1110. The second kappa shape index (κ2) is 8.52. The smallest absolute Gasteiger partial charge is 0.255 e. The van der Waals surface area contributed by atoms with Crippen LogP contribution in [0.3, 0.4) is 0 Å². The first-order chi connectivity index (χ1) is 15.0. The first kappa shape index (κ1) is 20.5.